The number of fused-ring (bicyclic) bond motifs is 3. The molecule has 1 aliphatic heterocycles. The smallest absolute Gasteiger partial charge is 0.260 e. The Bertz CT molecular complexity index is 1280. The van der Waals surface area contributed by atoms with E-state index in [1.807, 2.05) is 12.1 Å². The summed E-state index contributed by atoms with van der Waals surface area (Å²) in [7, 11) is 0. The Morgan fingerprint density at radius 2 is 1.86 bits per heavy atom. The molecule has 9 heteroatoms. The van der Waals surface area contributed by atoms with Gasteiger partial charge in [-0.2, -0.15) is 0 Å². The second-order valence-electron chi connectivity index (χ2n) is 10.5. The van der Waals surface area contributed by atoms with Gasteiger partial charge in [-0.15, -0.1) is 10.2 Å². The predicted molar refractivity (Wildman–Crippen MR) is 131 cm³/mol. The first-order valence-corrected chi connectivity index (χ1v) is 12.9. The molecule has 2 aromatic heterocycles. The van der Waals surface area contributed by atoms with Crippen molar-refractivity contribution in [2.24, 2.45) is 11.8 Å². The molecule has 0 unspecified atom stereocenters. The molecule has 0 saturated heterocycles. The summed E-state index contributed by atoms with van der Waals surface area (Å²) in [5, 5.41) is 19.6. The van der Waals surface area contributed by atoms with Crippen molar-refractivity contribution in [2.45, 2.75) is 63.2 Å². The molecule has 1 N–H and O–H groups in total. The van der Waals surface area contributed by atoms with Crippen molar-refractivity contribution in [1.82, 2.24) is 20.2 Å². The molecule has 7 rings (SSSR count). The van der Waals surface area contributed by atoms with E-state index in [2.05, 4.69) is 25.1 Å². The zero-order valence-electron chi connectivity index (χ0n) is 19.9. The minimum Gasteiger partial charge on any atom is -0.507 e. The van der Waals surface area contributed by atoms with E-state index in [9.17, 15) is 5.11 Å². The number of benzene rings is 1. The van der Waals surface area contributed by atoms with Gasteiger partial charge in [0.25, 0.3) is 5.88 Å². The fourth-order valence-electron chi connectivity index (χ4n) is 6.23. The Hall–Kier alpha value is -3.49. The van der Waals surface area contributed by atoms with Crippen LogP contribution in [0.25, 0.3) is 22.5 Å². The molecule has 2 bridgehead atoms. The topological polar surface area (TPSA) is 93.5 Å². The van der Waals surface area contributed by atoms with Crippen molar-refractivity contribution in [3.05, 3.63) is 36.7 Å². The van der Waals surface area contributed by atoms with Crippen LogP contribution in [0.5, 0.6) is 17.4 Å². The number of hydrogen-bond donors (Lipinski definition) is 1. The highest BCUT2D eigenvalue weighted by atomic mass is 19.1. The molecular formula is C27H28FN5O3. The summed E-state index contributed by atoms with van der Waals surface area (Å²) in [5.74, 6) is 2.84. The number of phenols is 1. The number of alkyl halides is 1. The zero-order chi connectivity index (χ0) is 24.2. The normalized spacial score (nSPS) is 26.6. The number of hydrogen-bond acceptors (Lipinski definition) is 8. The first-order chi connectivity index (χ1) is 17.6. The van der Waals surface area contributed by atoms with Crippen molar-refractivity contribution in [3.63, 3.8) is 0 Å². The largest absolute Gasteiger partial charge is 0.507 e. The molecule has 186 valence electrons. The molecule has 3 heterocycles. The molecule has 0 amide bonds. The maximum absolute atomic E-state index is 15.5. The Balaban J connectivity index is 1.14. The first-order valence-electron chi connectivity index (χ1n) is 12.9. The zero-order valence-corrected chi connectivity index (χ0v) is 19.9. The summed E-state index contributed by atoms with van der Waals surface area (Å²) in [6.07, 6.45) is 9.90. The lowest BCUT2D eigenvalue weighted by Crippen LogP contribution is -2.52. The second-order valence-corrected chi connectivity index (χ2v) is 10.5. The number of aromatic nitrogens is 4. The molecule has 4 aliphatic rings. The van der Waals surface area contributed by atoms with Gasteiger partial charge in [0.1, 0.15) is 11.9 Å². The van der Waals surface area contributed by atoms with Gasteiger partial charge >= 0.3 is 0 Å². The standard InChI is InChI=1S/C27H28FN5O3/c28-25-17-3-1-2-15(8-17)9-21(25)33(19-5-6-19)24-13-29-26(32-31-24)20-7-4-16(10-22(20)34)18-11-23-27(30-12-18)36-14-35-23/h4,7,10-13,15,17,19,21,25,34H,1-3,5-6,8-9,14H2/t15-,17+,21+,25-/m1/s1. The van der Waals surface area contributed by atoms with Gasteiger partial charge in [0.15, 0.2) is 17.4 Å². The summed E-state index contributed by atoms with van der Waals surface area (Å²) in [6.45, 7) is 0.155. The summed E-state index contributed by atoms with van der Waals surface area (Å²) < 4.78 is 26.2. The number of anilines is 1. The van der Waals surface area contributed by atoms with Crippen molar-refractivity contribution in [2.75, 3.05) is 11.7 Å². The maximum atomic E-state index is 15.5. The van der Waals surface area contributed by atoms with Gasteiger partial charge in [-0.05, 0) is 67.7 Å². The van der Waals surface area contributed by atoms with E-state index in [0.717, 1.165) is 49.7 Å². The first kappa shape index (κ1) is 21.8. The summed E-state index contributed by atoms with van der Waals surface area (Å²) in [4.78, 5) is 11.0. The van der Waals surface area contributed by atoms with Crippen LogP contribution in [0.15, 0.2) is 36.7 Å². The number of ether oxygens (including phenoxy) is 2. The van der Waals surface area contributed by atoms with Crippen LogP contribution in [0.3, 0.4) is 0 Å². The van der Waals surface area contributed by atoms with Crippen LogP contribution >= 0.6 is 0 Å². The van der Waals surface area contributed by atoms with E-state index in [0.29, 0.717) is 40.8 Å². The third-order valence-corrected chi connectivity index (χ3v) is 8.13. The molecule has 0 spiro atoms. The average Bonchev–Trinajstić information content (AvgIpc) is 3.63. The van der Waals surface area contributed by atoms with E-state index in [4.69, 9.17) is 9.47 Å². The van der Waals surface area contributed by atoms with Crippen molar-refractivity contribution < 1.29 is 19.0 Å². The van der Waals surface area contributed by atoms with Gasteiger partial charge in [0.05, 0.1) is 17.8 Å². The van der Waals surface area contributed by atoms with Crippen LogP contribution in [-0.4, -0.2) is 50.3 Å². The minimum absolute atomic E-state index is 0.0442. The molecule has 8 nitrogen and oxygen atoms in total. The Labute approximate surface area is 208 Å². The highest BCUT2D eigenvalue weighted by Gasteiger charge is 2.46. The van der Waals surface area contributed by atoms with Crippen LogP contribution in [0.4, 0.5) is 10.2 Å². The van der Waals surface area contributed by atoms with Crippen LogP contribution < -0.4 is 14.4 Å². The number of aromatic hydroxyl groups is 1. The number of nitrogens with zero attached hydrogens (tertiary/aromatic N) is 5. The average molecular weight is 490 g/mol. The van der Waals surface area contributed by atoms with E-state index >= 15 is 4.39 Å². The second kappa shape index (κ2) is 8.57. The summed E-state index contributed by atoms with van der Waals surface area (Å²) >= 11 is 0. The molecule has 3 fully saturated rings. The Morgan fingerprint density at radius 3 is 2.67 bits per heavy atom. The van der Waals surface area contributed by atoms with E-state index in [1.54, 1.807) is 24.5 Å². The molecule has 4 atom stereocenters. The fourth-order valence-corrected chi connectivity index (χ4v) is 6.23. The third-order valence-electron chi connectivity index (χ3n) is 8.13. The SMILES string of the molecule is Oc1cc(-c2cnc3c(c2)OCO3)ccc1-c1ncc(N(C2CC2)[C@H]2C[C@@H]3CCC[C@@H](C3)[C@H]2F)nn1. The van der Waals surface area contributed by atoms with Gasteiger partial charge in [-0.25, -0.2) is 14.4 Å². The van der Waals surface area contributed by atoms with E-state index in [1.165, 1.54) is 6.42 Å². The quantitative estimate of drug-likeness (QED) is 0.540. The summed E-state index contributed by atoms with van der Waals surface area (Å²) in [6, 6.07) is 7.29. The number of pyridine rings is 1. The van der Waals surface area contributed by atoms with Crippen LogP contribution in [0.1, 0.15) is 44.9 Å². The van der Waals surface area contributed by atoms with E-state index in [-0.39, 0.29) is 24.5 Å². The lowest BCUT2D eigenvalue weighted by atomic mass is 9.69. The van der Waals surface area contributed by atoms with Gasteiger partial charge in [0.2, 0.25) is 6.79 Å². The van der Waals surface area contributed by atoms with Crippen molar-refractivity contribution in [3.8, 4) is 39.9 Å². The monoisotopic (exact) mass is 489 g/mol. The predicted octanol–water partition coefficient (Wildman–Crippen LogP) is 4.92. The highest BCUT2D eigenvalue weighted by Crippen LogP contribution is 2.46. The maximum Gasteiger partial charge on any atom is 0.260 e. The molecule has 0 radical (unpaired) electrons. The highest BCUT2D eigenvalue weighted by molar-refractivity contribution is 5.73. The van der Waals surface area contributed by atoms with Crippen LogP contribution in [-0.2, 0) is 0 Å². The van der Waals surface area contributed by atoms with Gasteiger partial charge in [-0.3, -0.25) is 0 Å². The van der Waals surface area contributed by atoms with Crippen LogP contribution in [0.2, 0.25) is 0 Å². The van der Waals surface area contributed by atoms with Gasteiger partial charge < -0.3 is 19.5 Å². The van der Waals surface area contributed by atoms with E-state index < -0.39 is 6.17 Å². The molecular weight excluding hydrogens is 461 g/mol. The summed E-state index contributed by atoms with van der Waals surface area (Å²) in [5.41, 5.74) is 2.07. The Morgan fingerprint density at radius 1 is 0.944 bits per heavy atom. The number of phenolic OH excluding ortho intramolecular Hbond substituents is 1. The molecule has 36 heavy (non-hydrogen) atoms. The third kappa shape index (κ3) is 3.81. The van der Waals surface area contributed by atoms with Gasteiger partial charge in [-0.1, -0.05) is 18.9 Å². The molecule has 3 saturated carbocycles. The van der Waals surface area contributed by atoms with Gasteiger partial charge in [0, 0.05) is 17.8 Å². The van der Waals surface area contributed by atoms with Crippen molar-refractivity contribution in [1.29, 1.82) is 0 Å². The number of halogens is 1. The number of rotatable bonds is 5. The lowest BCUT2D eigenvalue weighted by Gasteiger charge is -2.46. The van der Waals surface area contributed by atoms with Crippen molar-refractivity contribution >= 4 is 5.82 Å². The Kier molecular flexibility index (Phi) is 5.18. The minimum atomic E-state index is -0.828. The lowest BCUT2D eigenvalue weighted by molar-refractivity contribution is 0.0631. The molecule has 1 aromatic carbocycles. The molecule has 3 aliphatic carbocycles. The fraction of sp³-hybridized carbons (Fsp3) is 0.481. The van der Waals surface area contributed by atoms with Crippen LogP contribution in [0, 0.1) is 11.8 Å². The molecule has 3 aromatic rings.